The molecule has 0 bridgehead atoms. The first-order valence-electron chi connectivity index (χ1n) is 7.29. The van der Waals surface area contributed by atoms with Crippen LogP contribution >= 0.6 is 0 Å². The molecule has 0 aliphatic carbocycles. The second kappa shape index (κ2) is 6.72. The Bertz CT molecular complexity index is 606. The molecule has 0 aromatic carbocycles. The molecule has 5 nitrogen and oxygen atoms in total. The highest BCUT2D eigenvalue weighted by Gasteiger charge is 2.20. The van der Waals surface area contributed by atoms with Gasteiger partial charge in [0.1, 0.15) is 5.75 Å². The SMILES string of the molecule is CCNC(Cc1c(C)nn(C)c1C)c1ncccc1OC. The quantitative estimate of drug-likeness (QED) is 0.886. The van der Waals surface area contributed by atoms with Crippen LogP contribution in [0.25, 0.3) is 0 Å². The fourth-order valence-corrected chi connectivity index (χ4v) is 2.67. The zero-order chi connectivity index (χ0) is 15.4. The molecule has 2 rings (SSSR count). The summed E-state index contributed by atoms with van der Waals surface area (Å²) in [6.45, 7) is 7.14. The molecule has 2 heterocycles. The van der Waals surface area contributed by atoms with Crippen molar-refractivity contribution in [3.63, 3.8) is 0 Å². The van der Waals surface area contributed by atoms with Gasteiger partial charge in [-0.15, -0.1) is 0 Å². The predicted molar refractivity (Wildman–Crippen MR) is 83.6 cm³/mol. The van der Waals surface area contributed by atoms with Crippen molar-refractivity contribution in [1.29, 1.82) is 0 Å². The average Bonchev–Trinajstić information content (AvgIpc) is 2.73. The van der Waals surface area contributed by atoms with Gasteiger partial charge in [-0.1, -0.05) is 6.92 Å². The number of likely N-dealkylation sites (N-methyl/N-ethyl adjacent to an activating group) is 1. The zero-order valence-electron chi connectivity index (χ0n) is 13.5. The Morgan fingerprint density at radius 2 is 2.14 bits per heavy atom. The lowest BCUT2D eigenvalue weighted by Gasteiger charge is -2.20. The van der Waals surface area contributed by atoms with E-state index in [4.69, 9.17) is 4.74 Å². The first-order valence-corrected chi connectivity index (χ1v) is 7.29. The highest BCUT2D eigenvalue weighted by molar-refractivity contribution is 5.33. The van der Waals surface area contributed by atoms with Crippen LogP contribution in [-0.4, -0.2) is 28.4 Å². The summed E-state index contributed by atoms with van der Waals surface area (Å²) in [6.07, 6.45) is 2.66. The number of rotatable bonds is 6. The lowest BCUT2D eigenvalue weighted by molar-refractivity contribution is 0.394. The Hall–Kier alpha value is -1.88. The minimum absolute atomic E-state index is 0.118. The summed E-state index contributed by atoms with van der Waals surface area (Å²) in [5.74, 6) is 0.822. The molecule has 114 valence electrons. The molecule has 0 aliphatic heterocycles. The van der Waals surface area contributed by atoms with Crippen LogP contribution in [0.2, 0.25) is 0 Å². The molecule has 1 N–H and O–H groups in total. The van der Waals surface area contributed by atoms with Gasteiger partial charge in [0.25, 0.3) is 0 Å². The summed E-state index contributed by atoms with van der Waals surface area (Å²) in [7, 11) is 3.67. The summed E-state index contributed by atoms with van der Waals surface area (Å²) in [5, 5.41) is 8.00. The number of aromatic nitrogens is 3. The first kappa shape index (κ1) is 15.5. The largest absolute Gasteiger partial charge is 0.495 e. The minimum atomic E-state index is 0.118. The molecule has 0 amide bonds. The van der Waals surface area contributed by atoms with E-state index in [0.29, 0.717) is 0 Å². The van der Waals surface area contributed by atoms with Crippen molar-refractivity contribution in [3.8, 4) is 5.75 Å². The molecule has 0 fully saturated rings. The van der Waals surface area contributed by atoms with Crippen LogP contribution in [0.1, 0.15) is 35.6 Å². The topological polar surface area (TPSA) is 52.0 Å². The molecular formula is C16H24N4O. The number of hydrogen-bond donors (Lipinski definition) is 1. The average molecular weight is 288 g/mol. The molecule has 1 atom stereocenters. The van der Waals surface area contributed by atoms with Gasteiger partial charge in [0, 0.05) is 18.9 Å². The maximum Gasteiger partial charge on any atom is 0.141 e. The first-order chi connectivity index (χ1) is 10.1. The van der Waals surface area contributed by atoms with Gasteiger partial charge in [-0.25, -0.2) is 0 Å². The molecular weight excluding hydrogens is 264 g/mol. The van der Waals surface area contributed by atoms with Gasteiger partial charge >= 0.3 is 0 Å². The third-order valence-corrected chi connectivity index (χ3v) is 3.87. The smallest absolute Gasteiger partial charge is 0.141 e. The lowest BCUT2D eigenvalue weighted by Crippen LogP contribution is -2.25. The van der Waals surface area contributed by atoms with E-state index in [1.165, 1.54) is 11.3 Å². The van der Waals surface area contributed by atoms with Crippen molar-refractivity contribution in [1.82, 2.24) is 20.1 Å². The molecule has 0 aliphatic rings. The number of methoxy groups -OCH3 is 1. The normalized spacial score (nSPS) is 12.4. The Morgan fingerprint density at radius 3 is 2.71 bits per heavy atom. The van der Waals surface area contributed by atoms with E-state index in [1.807, 2.05) is 30.1 Å². The maximum absolute atomic E-state index is 5.45. The van der Waals surface area contributed by atoms with Crippen molar-refractivity contribution < 1.29 is 4.74 Å². The second-order valence-corrected chi connectivity index (χ2v) is 5.18. The Kier molecular flexibility index (Phi) is 4.96. The standard InChI is InChI=1S/C16H24N4O/c1-6-17-14(16-15(21-5)8-7-9-18-16)10-13-11(2)19-20(4)12(13)3/h7-9,14,17H,6,10H2,1-5H3. The second-order valence-electron chi connectivity index (χ2n) is 5.18. The molecule has 0 spiro atoms. The van der Waals surface area contributed by atoms with E-state index >= 15 is 0 Å². The monoisotopic (exact) mass is 288 g/mol. The van der Waals surface area contributed by atoms with Crippen LogP contribution in [0.4, 0.5) is 0 Å². The summed E-state index contributed by atoms with van der Waals surface area (Å²) in [4.78, 5) is 4.52. The number of pyridine rings is 1. The van der Waals surface area contributed by atoms with Crippen molar-refractivity contribution in [3.05, 3.63) is 41.0 Å². The molecule has 2 aromatic heterocycles. The van der Waals surface area contributed by atoms with Gasteiger partial charge in [0.15, 0.2) is 0 Å². The van der Waals surface area contributed by atoms with Gasteiger partial charge in [0.05, 0.1) is 24.5 Å². The van der Waals surface area contributed by atoms with Gasteiger partial charge in [-0.05, 0) is 44.5 Å². The van der Waals surface area contributed by atoms with E-state index in [9.17, 15) is 0 Å². The summed E-state index contributed by atoms with van der Waals surface area (Å²) < 4.78 is 7.39. The van der Waals surface area contributed by atoms with Crippen LogP contribution in [-0.2, 0) is 13.5 Å². The van der Waals surface area contributed by atoms with Crippen LogP contribution in [0, 0.1) is 13.8 Å². The number of nitrogens with one attached hydrogen (secondary N) is 1. The molecule has 0 radical (unpaired) electrons. The molecule has 0 saturated heterocycles. The minimum Gasteiger partial charge on any atom is -0.495 e. The van der Waals surface area contributed by atoms with Crippen molar-refractivity contribution in [2.24, 2.45) is 7.05 Å². The predicted octanol–water partition coefficient (Wildman–Crippen LogP) is 2.33. The Balaban J connectivity index is 2.35. The Morgan fingerprint density at radius 1 is 1.38 bits per heavy atom. The van der Waals surface area contributed by atoms with Crippen LogP contribution < -0.4 is 10.1 Å². The molecule has 1 unspecified atom stereocenters. The van der Waals surface area contributed by atoms with E-state index in [2.05, 4.69) is 36.2 Å². The number of aryl methyl sites for hydroxylation is 2. The van der Waals surface area contributed by atoms with E-state index in [0.717, 1.165) is 30.1 Å². The maximum atomic E-state index is 5.45. The molecule has 2 aromatic rings. The van der Waals surface area contributed by atoms with Crippen molar-refractivity contribution in [2.75, 3.05) is 13.7 Å². The fraction of sp³-hybridized carbons (Fsp3) is 0.500. The van der Waals surface area contributed by atoms with Gasteiger partial charge < -0.3 is 10.1 Å². The van der Waals surface area contributed by atoms with Crippen molar-refractivity contribution in [2.45, 2.75) is 33.2 Å². The van der Waals surface area contributed by atoms with Crippen LogP contribution in [0.15, 0.2) is 18.3 Å². The molecule has 0 saturated carbocycles. The fourth-order valence-electron chi connectivity index (χ4n) is 2.67. The van der Waals surface area contributed by atoms with E-state index < -0.39 is 0 Å². The zero-order valence-corrected chi connectivity index (χ0v) is 13.5. The number of hydrogen-bond acceptors (Lipinski definition) is 4. The highest BCUT2D eigenvalue weighted by Crippen LogP contribution is 2.27. The van der Waals surface area contributed by atoms with Crippen molar-refractivity contribution >= 4 is 0 Å². The van der Waals surface area contributed by atoms with Gasteiger partial charge in [0.2, 0.25) is 0 Å². The van der Waals surface area contributed by atoms with Crippen LogP contribution in [0.5, 0.6) is 5.75 Å². The van der Waals surface area contributed by atoms with Gasteiger partial charge in [-0.2, -0.15) is 5.10 Å². The number of nitrogens with zero attached hydrogens (tertiary/aromatic N) is 3. The summed E-state index contributed by atoms with van der Waals surface area (Å²) in [6, 6.07) is 3.97. The lowest BCUT2D eigenvalue weighted by atomic mass is 10.0. The van der Waals surface area contributed by atoms with E-state index in [-0.39, 0.29) is 6.04 Å². The summed E-state index contributed by atoms with van der Waals surface area (Å²) in [5.41, 5.74) is 4.50. The third kappa shape index (κ3) is 3.24. The van der Waals surface area contributed by atoms with Gasteiger partial charge in [-0.3, -0.25) is 9.67 Å². The van der Waals surface area contributed by atoms with E-state index in [1.54, 1.807) is 7.11 Å². The molecule has 21 heavy (non-hydrogen) atoms. The number of ether oxygens (including phenoxy) is 1. The van der Waals surface area contributed by atoms with Crippen LogP contribution in [0.3, 0.4) is 0 Å². The Labute approximate surface area is 126 Å². The highest BCUT2D eigenvalue weighted by atomic mass is 16.5. The molecule has 5 heteroatoms. The third-order valence-electron chi connectivity index (χ3n) is 3.87. The summed E-state index contributed by atoms with van der Waals surface area (Å²) >= 11 is 0.